The van der Waals surface area contributed by atoms with E-state index >= 15 is 0 Å². The normalized spacial score (nSPS) is 18.8. The summed E-state index contributed by atoms with van der Waals surface area (Å²) in [7, 11) is 1.44. The number of carbonyl (C=O) groups is 1. The van der Waals surface area contributed by atoms with Gasteiger partial charge in [-0.2, -0.15) is 0 Å². The van der Waals surface area contributed by atoms with Gasteiger partial charge in [0.2, 0.25) is 0 Å². The number of fused-ring (bicyclic) bond motifs is 1. The van der Waals surface area contributed by atoms with Crippen molar-refractivity contribution in [1.29, 1.82) is 0 Å². The third-order valence-corrected chi connectivity index (χ3v) is 9.12. The average molecular weight is 613 g/mol. The number of sulfonamides is 1. The number of nitrogens with zero attached hydrogens (tertiary/aromatic N) is 2. The van der Waals surface area contributed by atoms with Crippen molar-refractivity contribution >= 4 is 33.2 Å². The van der Waals surface area contributed by atoms with E-state index in [4.69, 9.17) is 16.3 Å². The number of piperidine rings is 1. The highest BCUT2D eigenvalue weighted by Gasteiger charge is 2.30. The molecule has 2 aromatic rings. The largest absolute Gasteiger partial charge is 0.497 e. The van der Waals surface area contributed by atoms with Crippen LogP contribution in [0, 0.1) is 0 Å². The molecule has 5 rings (SSSR count). The highest BCUT2D eigenvalue weighted by molar-refractivity contribution is 7.89. The number of ether oxygens (including phenoxy) is 1. The Hall–Kier alpha value is -3.67. The van der Waals surface area contributed by atoms with Crippen LogP contribution in [-0.2, 0) is 10.0 Å². The van der Waals surface area contributed by atoms with E-state index in [9.17, 15) is 13.2 Å². The Labute approximate surface area is 252 Å². The van der Waals surface area contributed by atoms with E-state index in [1.54, 1.807) is 37.4 Å². The lowest BCUT2D eigenvalue weighted by Gasteiger charge is -2.37. The molecule has 0 spiro atoms. The number of likely N-dealkylation sites (tertiary alicyclic amines) is 1. The highest BCUT2D eigenvalue weighted by atomic mass is 35.5. The summed E-state index contributed by atoms with van der Waals surface area (Å²) in [5, 5.41) is 10.2. The first-order valence-corrected chi connectivity index (χ1v) is 15.9. The molecule has 42 heavy (non-hydrogen) atoms. The smallest absolute Gasteiger partial charge is 0.263 e. The van der Waals surface area contributed by atoms with Gasteiger partial charge in [-0.25, -0.2) is 8.42 Å². The van der Waals surface area contributed by atoms with E-state index in [1.165, 1.54) is 12.1 Å². The van der Waals surface area contributed by atoms with Gasteiger partial charge in [-0.3, -0.25) is 9.52 Å². The molecule has 1 amide bonds. The third-order valence-electron chi connectivity index (χ3n) is 7.45. The van der Waals surface area contributed by atoms with Crippen molar-refractivity contribution < 1.29 is 17.9 Å². The maximum absolute atomic E-state index is 13.7. The first-order valence-electron chi connectivity index (χ1n) is 14.0. The second-order valence-corrected chi connectivity index (χ2v) is 12.9. The number of nitrogens with one attached hydrogen (secondary N) is 4. The molecule has 2 aromatic carbocycles. The Bertz CT molecular complexity index is 1550. The minimum Gasteiger partial charge on any atom is -0.497 e. The van der Waals surface area contributed by atoms with Crippen molar-refractivity contribution in [1.82, 2.24) is 25.2 Å². The van der Waals surface area contributed by atoms with E-state index in [1.807, 2.05) is 31.1 Å². The molecule has 10 nitrogen and oxygen atoms in total. The summed E-state index contributed by atoms with van der Waals surface area (Å²) in [6.45, 7) is 1.42. The maximum Gasteiger partial charge on any atom is 0.263 e. The van der Waals surface area contributed by atoms with Gasteiger partial charge in [-0.05, 0) is 76.5 Å². The van der Waals surface area contributed by atoms with Crippen molar-refractivity contribution in [3.63, 3.8) is 0 Å². The van der Waals surface area contributed by atoms with Crippen LogP contribution in [0.3, 0.4) is 0 Å². The second-order valence-electron chi connectivity index (χ2n) is 10.8. The van der Waals surface area contributed by atoms with E-state index in [0.29, 0.717) is 34.4 Å². The molecule has 1 aliphatic carbocycles. The summed E-state index contributed by atoms with van der Waals surface area (Å²) >= 11 is 6.44. The van der Waals surface area contributed by atoms with E-state index in [0.717, 1.165) is 50.0 Å². The average Bonchev–Trinajstić information content (AvgIpc) is 2.98. The van der Waals surface area contributed by atoms with E-state index < -0.39 is 10.0 Å². The number of carbonyl (C=O) groups excluding carboxylic acids is 1. The number of hydrogen-bond acceptors (Lipinski definition) is 8. The number of hydrogen-bond donors (Lipinski definition) is 4. The summed E-state index contributed by atoms with van der Waals surface area (Å²) in [6.07, 6.45) is 8.66. The van der Waals surface area contributed by atoms with E-state index in [2.05, 4.69) is 25.6 Å². The monoisotopic (exact) mass is 612 g/mol. The summed E-state index contributed by atoms with van der Waals surface area (Å²) in [5.41, 5.74) is 2.46. The SMILES string of the molecule is COc1ccc(Cl)c(NC2=C(NS(=O)(=O)c3cccc(C(=O)N4CCCCC4CN(C)C)c3)NC3=CCCC=C3N2)c1. The number of methoxy groups -OCH3 is 1. The number of rotatable bonds is 9. The molecule has 12 heteroatoms. The second kappa shape index (κ2) is 12.7. The van der Waals surface area contributed by atoms with Crippen LogP contribution in [0.25, 0.3) is 0 Å². The molecule has 2 heterocycles. The molecule has 4 N–H and O–H groups in total. The van der Waals surface area contributed by atoms with Crippen LogP contribution in [0.1, 0.15) is 42.5 Å². The fraction of sp³-hybridized carbons (Fsp3) is 0.367. The summed E-state index contributed by atoms with van der Waals surface area (Å²) in [4.78, 5) is 17.5. The molecular weight excluding hydrogens is 576 g/mol. The standard InChI is InChI=1S/C30H37ClN6O4S/c1-36(2)19-21-10-6-7-16-37(21)30(38)20-9-8-11-23(17-20)42(39,40)35-29-28(32-25-12-4-5-13-26(25)33-29)34-27-18-22(41-3)14-15-24(27)31/h8-9,11-15,17-18,21,32-35H,4-7,10,16,19H2,1-3H3. The number of anilines is 1. The molecule has 224 valence electrons. The topological polar surface area (TPSA) is 115 Å². The molecule has 1 saturated heterocycles. The van der Waals surface area contributed by atoms with Gasteiger partial charge in [0.05, 0.1) is 34.1 Å². The molecule has 1 fully saturated rings. The highest BCUT2D eigenvalue weighted by Crippen LogP contribution is 2.30. The molecule has 2 aliphatic heterocycles. The molecule has 0 saturated carbocycles. The van der Waals surface area contributed by atoms with Crippen LogP contribution in [0.5, 0.6) is 5.75 Å². The summed E-state index contributed by atoms with van der Waals surface area (Å²) in [5.74, 6) is 0.991. The van der Waals surface area contributed by atoms with Crippen molar-refractivity contribution in [2.75, 3.05) is 39.6 Å². The maximum atomic E-state index is 13.7. The van der Waals surface area contributed by atoms with Crippen LogP contribution in [0.4, 0.5) is 5.69 Å². The first-order chi connectivity index (χ1) is 20.1. The van der Waals surface area contributed by atoms with Crippen molar-refractivity contribution in [3.05, 3.63) is 88.2 Å². The Kier molecular flexibility index (Phi) is 9.00. The Balaban J connectivity index is 1.44. The van der Waals surface area contributed by atoms with Gasteiger partial charge in [0.1, 0.15) is 5.75 Å². The predicted molar refractivity (Wildman–Crippen MR) is 164 cm³/mol. The van der Waals surface area contributed by atoms with Gasteiger partial charge < -0.3 is 30.5 Å². The molecule has 1 atom stereocenters. The van der Waals surface area contributed by atoms with Crippen LogP contribution in [0.2, 0.25) is 5.02 Å². The fourth-order valence-corrected chi connectivity index (χ4v) is 6.62. The van der Waals surface area contributed by atoms with Crippen LogP contribution in [-0.4, -0.2) is 64.5 Å². The zero-order valence-electron chi connectivity index (χ0n) is 24.0. The lowest BCUT2D eigenvalue weighted by Crippen LogP contribution is -2.48. The van der Waals surface area contributed by atoms with Crippen molar-refractivity contribution in [2.24, 2.45) is 0 Å². The number of halogens is 1. The lowest BCUT2D eigenvalue weighted by molar-refractivity contribution is 0.0574. The van der Waals surface area contributed by atoms with Gasteiger partial charge in [-0.15, -0.1) is 0 Å². The Morgan fingerprint density at radius 1 is 1.07 bits per heavy atom. The van der Waals surface area contributed by atoms with Crippen LogP contribution in [0.15, 0.2) is 82.5 Å². The number of allylic oxidation sites excluding steroid dienone is 2. The molecular formula is C30H37ClN6O4S. The summed E-state index contributed by atoms with van der Waals surface area (Å²) < 4.78 is 35.5. The molecule has 1 unspecified atom stereocenters. The predicted octanol–water partition coefficient (Wildman–Crippen LogP) is 4.18. The molecule has 0 radical (unpaired) electrons. The zero-order chi connectivity index (χ0) is 29.9. The first kappa shape index (κ1) is 29.8. The third kappa shape index (κ3) is 6.69. The number of amides is 1. The van der Waals surface area contributed by atoms with Crippen molar-refractivity contribution in [2.45, 2.75) is 43.0 Å². The van der Waals surface area contributed by atoms with Gasteiger partial charge in [0.25, 0.3) is 15.9 Å². The molecule has 3 aliphatic rings. The minimum absolute atomic E-state index is 0.0125. The lowest BCUT2D eigenvalue weighted by atomic mass is 10.0. The van der Waals surface area contributed by atoms with Gasteiger partial charge in [0.15, 0.2) is 11.6 Å². The molecule has 0 bridgehead atoms. The quantitative estimate of drug-likeness (QED) is 0.334. The molecule has 0 aromatic heterocycles. The Morgan fingerprint density at radius 3 is 2.52 bits per heavy atom. The van der Waals surface area contributed by atoms with Gasteiger partial charge in [-0.1, -0.05) is 29.8 Å². The minimum atomic E-state index is -4.10. The van der Waals surface area contributed by atoms with Crippen LogP contribution < -0.4 is 25.4 Å². The van der Waals surface area contributed by atoms with Gasteiger partial charge in [0, 0.05) is 30.8 Å². The summed E-state index contributed by atoms with van der Waals surface area (Å²) in [6, 6.07) is 11.5. The van der Waals surface area contributed by atoms with Crippen LogP contribution >= 0.6 is 11.6 Å². The zero-order valence-corrected chi connectivity index (χ0v) is 25.6. The van der Waals surface area contributed by atoms with E-state index in [-0.39, 0.29) is 22.7 Å². The van der Waals surface area contributed by atoms with Gasteiger partial charge >= 0.3 is 0 Å². The number of likely N-dealkylation sites (N-methyl/N-ethyl adjacent to an activating group) is 1. The Morgan fingerprint density at radius 2 is 1.81 bits per heavy atom. The fourth-order valence-electron chi connectivity index (χ4n) is 5.37. The number of benzene rings is 2. The van der Waals surface area contributed by atoms with Crippen molar-refractivity contribution in [3.8, 4) is 5.75 Å².